The minimum absolute atomic E-state index is 0.0140. The molecule has 3 saturated carbocycles. The van der Waals surface area contributed by atoms with Crippen LogP contribution >= 0.6 is 0 Å². The zero-order chi connectivity index (χ0) is 12.6. The van der Waals surface area contributed by atoms with Crippen LogP contribution in [0.4, 0.5) is 0 Å². The van der Waals surface area contributed by atoms with E-state index in [1.807, 2.05) is 7.11 Å². The Hall–Kier alpha value is -0.0800. The normalized spacial score (nSPS) is 40.0. The molecule has 0 saturated heterocycles. The fourth-order valence-corrected chi connectivity index (χ4v) is 5.08. The van der Waals surface area contributed by atoms with Crippen LogP contribution in [0.3, 0.4) is 0 Å². The Kier molecular flexibility index (Phi) is 3.68. The Balaban J connectivity index is 1.61. The molecule has 3 rings (SSSR count). The van der Waals surface area contributed by atoms with Gasteiger partial charge in [0, 0.05) is 13.2 Å². The van der Waals surface area contributed by atoms with Crippen LogP contribution in [0.5, 0.6) is 0 Å². The Morgan fingerprint density at radius 3 is 2.50 bits per heavy atom. The third-order valence-electron chi connectivity index (χ3n) is 6.22. The molecule has 0 spiro atoms. The number of hydrogen-bond donors (Lipinski definition) is 1. The van der Waals surface area contributed by atoms with E-state index in [-0.39, 0.29) is 11.6 Å². The van der Waals surface area contributed by atoms with Gasteiger partial charge in [-0.15, -0.1) is 0 Å². The second kappa shape index (κ2) is 5.13. The molecule has 3 aliphatic rings. The van der Waals surface area contributed by atoms with Gasteiger partial charge in [-0.3, -0.25) is 0 Å². The summed E-state index contributed by atoms with van der Waals surface area (Å²) < 4.78 is 5.91. The van der Waals surface area contributed by atoms with Crippen molar-refractivity contribution in [2.45, 2.75) is 75.9 Å². The van der Waals surface area contributed by atoms with Crippen LogP contribution < -0.4 is 5.73 Å². The van der Waals surface area contributed by atoms with Crippen molar-refractivity contribution < 1.29 is 4.74 Å². The molecule has 0 aromatic heterocycles. The lowest BCUT2D eigenvalue weighted by Gasteiger charge is -2.42. The maximum absolute atomic E-state index is 6.58. The summed E-state index contributed by atoms with van der Waals surface area (Å²) in [6, 6.07) is 0.271. The molecule has 0 amide bonds. The molecule has 0 radical (unpaired) electrons. The summed E-state index contributed by atoms with van der Waals surface area (Å²) in [5.74, 6) is 2.95. The summed E-state index contributed by atoms with van der Waals surface area (Å²) in [7, 11) is 1.88. The zero-order valence-corrected chi connectivity index (χ0v) is 11.9. The lowest BCUT2D eigenvalue weighted by molar-refractivity contribution is -0.0645. The van der Waals surface area contributed by atoms with Crippen LogP contribution in [-0.4, -0.2) is 18.8 Å². The number of hydrogen-bond acceptors (Lipinski definition) is 2. The van der Waals surface area contributed by atoms with E-state index in [0.29, 0.717) is 0 Å². The minimum atomic E-state index is 0.0140. The van der Waals surface area contributed by atoms with Crippen LogP contribution in [0, 0.1) is 17.8 Å². The van der Waals surface area contributed by atoms with Gasteiger partial charge >= 0.3 is 0 Å². The second-order valence-electron chi connectivity index (χ2n) is 7.11. The summed E-state index contributed by atoms with van der Waals surface area (Å²) in [4.78, 5) is 0. The first kappa shape index (κ1) is 12.9. The van der Waals surface area contributed by atoms with Gasteiger partial charge in [-0.05, 0) is 56.3 Å². The van der Waals surface area contributed by atoms with E-state index >= 15 is 0 Å². The first-order valence-corrected chi connectivity index (χ1v) is 8.04. The Bertz CT molecular complexity index is 285. The molecule has 18 heavy (non-hydrogen) atoms. The van der Waals surface area contributed by atoms with Gasteiger partial charge in [0.15, 0.2) is 0 Å². The average Bonchev–Trinajstić information content (AvgIpc) is 3.01. The van der Waals surface area contributed by atoms with Crippen molar-refractivity contribution in [2.75, 3.05) is 7.11 Å². The van der Waals surface area contributed by atoms with Gasteiger partial charge in [0.1, 0.15) is 0 Å². The molecule has 4 unspecified atom stereocenters. The molecule has 0 aromatic rings. The average molecular weight is 251 g/mol. The summed E-state index contributed by atoms with van der Waals surface area (Å²) in [6.45, 7) is 0. The molecule has 3 fully saturated rings. The molecular weight excluding hydrogens is 222 g/mol. The minimum Gasteiger partial charge on any atom is -0.377 e. The van der Waals surface area contributed by atoms with E-state index < -0.39 is 0 Å². The Morgan fingerprint density at radius 1 is 1.17 bits per heavy atom. The number of methoxy groups -OCH3 is 1. The lowest BCUT2D eigenvalue weighted by atomic mass is 9.74. The highest BCUT2D eigenvalue weighted by Crippen LogP contribution is 2.50. The van der Waals surface area contributed by atoms with Crippen molar-refractivity contribution in [3.8, 4) is 0 Å². The fourth-order valence-electron chi connectivity index (χ4n) is 5.08. The van der Waals surface area contributed by atoms with Gasteiger partial charge in [0.05, 0.1) is 5.60 Å². The zero-order valence-electron chi connectivity index (χ0n) is 11.9. The summed E-state index contributed by atoms with van der Waals surface area (Å²) in [5, 5.41) is 0. The molecule has 2 N–H and O–H groups in total. The summed E-state index contributed by atoms with van der Waals surface area (Å²) >= 11 is 0. The van der Waals surface area contributed by atoms with Crippen LogP contribution in [0.25, 0.3) is 0 Å². The highest BCUT2D eigenvalue weighted by molar-refractivity contribution is 4.98. The SMILES string of the molecule is COC1(C(N)CC2CC3CCC2C3)CCCCC1. The predicted octanol–water partition coefficient (Wildman–Crippen LogP) is 3.49. The summed E-state index contributed by atoms with van der Waals surface area (Å²) in [6.07, 6.45) is 13.5. The molecule has 0 heterocycles. The predicted molar refractivity (Wildman–Crippen MR) is 74.4 cm³/mol. The molecule has 0 aromatic carbocycles. The molecule has 2 heteroatoms. The van der Waals surface area contributed by atoms with Gasteiger partial charge in [-0.25, -0.2) is 0 Å². The molecule has 3 aliphatic carbocycles. The quantitative estimate of drug-likeness (QED) is 0.830. The monoisotopic (exact) mass is 251 g/mol. The van der Waals surface area contributed by atoms with Crippen molar-refractivity contribution in [1.29, 1.82) is 0 Å². The largest absolute Gasteiger partial charge is 0.377 e. The third-order valence-corrected chi connectivity index (χ3v) is 6.22. The Labute approximate surface area is 112 Å². The van der Waals surface area contributed by atoms with Crippen LogP contribution in [0.1, 0.15) is 64.2 Å². The number of ether oxygens (including phenoxy) is 1. The smallest absolute Gasteiger partial charge is 0.0828 e. The molecule has 2 nitrogen and oxygen atoms in total. The molecule has 104 valence electrons. The maximum Gasteiger partial charge on any atom is 0.0828 e. The Morgan fingerprint density at radius 2 is 1.94 bits per heavy atom. The molecule has 4 atom stereocenters. The van der Waals surface area contributed by atoms with Gasteiger partial charge in [-0.2, -0.15) is 0 Å². The van der Waals surface area contributed by atoms with Gasteiger partial charge in [-0.1, -0.05) is 25.7 Å². The van der Waals surface area contributed by atoms with E-state index in [0.717, 1.165) is 17.8 Å². The van der Waals surface area contributed by atoms with Gasteiger partial charge < -0.3 is 10.5 Å². The van der Waals surface area contributed by atoms with E-state index in [4.69, 9.17) is 10.5 Å². The second-order valence-corrected chi connectivity index (χ2v) is 7.11. The van der Waals surface area contributed by atoms with E-state index in [9.17, 15) is 0 Å². The van der Waals surface area contributed by atoms with E-state index in [1.54, 1.807) is 0 Å². The highest BCUT2D eigenvalue weighted by atomic mass is 16.5. The van der Waals surface area contributed by atoms with Crippen molar-refractivity contribution in [3.05, 3.63) is 0 Å². The number of fused-ring (bicyclic) bond motifs is 2. The summed E-state index contributed by atoms with van der Waals surface area (Å²) in [5.41, 5.74) is 6.59. The van der Waals surface area contributed by atoms with Crippen LogP contribution in [0.15, 0.2) is 0 Å². The standard InChI is InChI=1S/C16H29NO/c1-18-16(7-3-2-4-8-16)15(17)11-14-10-12-5-6-13(14)9-12/h12-15H,2-11,17H2,1H3. The fraction of sp³-hybridized carbons (Fsp3) is 1.00. The molecular formula is C16H29NO. The molecule has 0 aliphatic heterocycles. The third kappa shape index (κ3) is 2.22. The first-order chi connectivity index (χ1) is 8.73. The number of rotatable bonds is 4. The van der Waals surface area contributed by atoms with Gasteiger partial charge in [0.25, 0.3) is 0 Å². The van der Waals surface area contributed by atoms with Crippen LogP contribution in [-0.2, 0) is 4.74 Å². The van der Waals surface area contributed by atoms with Crippen LogP contribution in [0.2, 0.25) is 0 Å². The van der Waals surface area contributed by atoms with Crippen molar-refractivity contribution in [1.82, 2.24) is 0 Å². The lowest BCUT2D eigenvalue weighted by Crippen LogP contribution is -2.51. The van der Waals surface area contributed by atoms with Gasteiger partial charge in [0.2, 0.25) is 0 Å². The number of nitrogens with two attached hydrogens (primary N) is 1. The van der Waals surface area contributed by atoms with E-state index in [1.165, 1.54) is 64.2 Å². The van der Waals surface area contributed by atoms with Crippen molar-refractivity contribution >= 4 is 0 Å². The van der Waals surface area contributed by atoms with E-state index in [2.05, 4.69) is 0 Å². The highest BCUT2D eigenvalue weighted by Gasteiger charge is 2.44. The van der Waals surface area contributed by atoms with Crippen molar-refractivity contribution in [3.63, 3.8) is 0 Å². The topological polar surface area (TPSA) is 35.2 Å². The maximum atomic E-state index is 6.58. The molecule has 2 bridgehead atoms. The van der Waals surface area contributed by atoms with Crippen molar-refractivity contribution in [2.24, 2.45) is 23.5 Å². The first-order valence-electron chi connectivity index (χ1n) is 8.04.